The number of nitrogens with two attached hydrogens (primary N) is 1. The normalized spacial score (nSPS) is 21.6. The lowest BCUT2D eigenvalue weighted by Gasteiger charge is -2.36. The van der Waals surface area contributed by atoms with Crippen molar-refractivity contribution in [3.05, 3.63) is 23.8 Å². The number of carbonyl (C=O) groups excluding carboxylic acids is 2. The molecule has 3 fully saturated rings. The molecule has 32 heavy (non-hydrogen) atoms. The molecule has 1 atom stereocenters. The molecule has 4 rings (SSSR count). The molecule has 0 radical (unpaired) electrons. The van der Waals surface area contributed by atoms with Crippen LogP contribution in [0.3, 0.4) is 0 Å². The molecule has 0 spiro atoms. The Morgan fingerprint density at radius 3 is 2.50 bits per heavy atom. The largest absolute Gasteiger partial charge is 0.339 e. The molecule has 1 aromatic carbocycles. The average Bonchev–Trinajstić information content (AvgIpc) is 3.63. The van der Waals surface area contributed by atoms with Crippen molar-refractivity contribution < 1.29 is 18.0 Å². The van der Waals surface area contributed by atoms with Crippen LogP contribution >= 0.6 is 0 Å². The third-order valence-corrected chi connectivity index (χ3v) is 8.30. The number of hydrogen-bond donors (Lipinski definition) is 2. The van der Waals surface area contributed by atoms with Crippen molar-refractivity contribution in [3.8, 4) is 0 Å². The van der Waals surface area contributed by atoms with Crippen LogP contribution in [0.25, 0.3) is 0 Å². The van der Waals surface area contributed by atoms with Gasteiger partial charge < -0.3 is 15.5 Å². The fraction of sp³-hybridized carbons (Fsp3) is 0.636. The zero-order valence-electron chi connectivity index (χ0n) is 18.6. The predicted molar refractivity (Wildman–Crippen MR) is 122 cm³/mol. The third kappa shape index (κ3) is 4.83. The molecule has 9 nitrogen and oxygen atoms in total. The second kappa shape index (κ2) is 9.46. The first-order valence-corrected chi connectivity index (χ1v) is 13.0. The van der Waals surface area contributed by atoms with Gasteiger partial charge in [0.15, 0.2) is 0 Å². The van der Waals surface area contributed by atoms with E-state index in [9.17, 15) is 18.0 Å². The van der Waals surface area contributed by atoms with Crippen molar-refractivity contribution in [1.82, 2.24) is 14.5 Å². The van der Waals surface area contributed by atoms with Crippen LogP contribution < -0.4 is 15.4 Å². The first-order valence-electron chi connectivity index (χ1n) is 11.5. The van der Waals surface area contributed by atoms with Gasteiger partial charge in [-0.2, -0.15) is 4.72 Å². The van der Waals surface area contributed by atoms with E-state index < -0.39 is 16.1 Å². The van der Waals surface area contributed by atoms with Crippen molar-refractivity contribution in [2.24, 2.45) is 5.73 Å². The van der Waals surface area contributed by atoms with Crippen LogP contribution in [0.4, 0.5) is 5.69 Å². The van der Waals surface area contributed by atoms with Gasteiger partial charge in [-0.25, -0.2) is 8.42 Å². The highest BCUT2D eigenvalue weighted by Crippen LogP contribution is 2.30. The lowest BCUT2D eigenvalue weighted by Crippen LogP contribution is -2.57. The van der Waals surface area contributed by atoms with Crippen molar-refractivity contribution in [2.75, 3.05) is 44.2 Å². The van der Waals surface area contributed by atoms with Gasteiger partial charge in [0.1, 0.15) is 6.04 Å². The highest BCUT2D eigenvalue weighted by molar-refractivity contribution is 7.89. The van der Waals surface area contributed by atoms with E-state index in [2.05, 4.69) is 9.62 Å². The molecule has 2 saturated heterocycles. The Kier molecular flexibility index (Phi) is 6.85. The van der Waals surface area contributed by atoms with Crippen LogP contribution in [0.15, 0.2) is 23.1 Å². The van der Waals surface area contributed by atoms with Crippen molar-refractivity contribution in [3.63, 3.8) is 0 Å². The van der Waals surface area contributed by atoms with Gasteiger partial charge in [-0.15, -0.1) is 0 Å². The van der Waals surface area contributed by atoms with Gasteiger partial charge in [-0.05, 0) is 50.3 Å². The van der Waals surface area contributed by atoms with E-state index in [1.807, 2.05) is 0 Å². The lowest BCUT2D eigenvalue weighted by molar-refractivity contribution is -0.134. The monoisotopic (exact) mass is 463 g/mol. The standard InChI is InChI=1S/C22H33N5O4S/c1-16-19(27-10-3-2-7-21(27)28)5-4-6-20(16)32(30,31)24-18(15-23)22(29)26-13-11-25(12-14-26)17-8-9-17/h4-6,17-18,24H,2-3,7-15,23H2,1H3/t18-/m0/s1. The van der Waals surface area contributed by atoms with Crippen LogP contribution in [-0.2, 0) is 19.6 Å². The molecule has 0 bridgehead atoms. The number of nitrogens with one attached hydrogen (secondary N) is 1. The summed E-state index contributed by atoms with van der Waals surface area (Å²) in [4.78, 5) is 31.2. The Labute approximate surface area is 190 Å². The highest BCUT2D eigenvalue weighted by atomic mass is 32.2. The number of anilines is 1. The minimum Gasteiger partial charge on any atom is -0.339 e. The number of piperidine rings is 1. The smallest absolute Gasteiger partial charge is 0.242 e. The Morgan fingerprint density at radius 1 is 1.16 bits per heavy atom. The highest BCUT2D eigenvalue weighted by Gasteiger charge is 2.35. The molecule has 3 aliphatic rings. The van der Waals surface area contributed by atoms with Crippen LogP contribution in [0.1, 0.15) is 37.7 Å². The Balaban J connectivity index is 1.48. The number of piperazine rings is 1. The lowest BCUT2D eigenvalue weighted by atomic mass is 10.1. The molecule has 1 saturated carbocycles. The second-order valence-corrected chi connectivity index (χ2v) is 10.6. The summed E-state index contributed by atoms with van der Waals surface area (Å²) in [5, 5.41) is 0. The Morgan fingerprint density at radius 2 is 1.88 bits per heavy atom. The van der Waals surface area contributed by atoms with Gasteiger partial charge in [0.2, 0.25) is 21.8 Å². The second-order valence-electron chi connectivity index (χ2n) is 8.90. The third-order valence-electron chi connectivity index (χ3n) is 6.68. The van der Waals surface area contributed by atoms with E-state index in [1.54, 1.807) is 28.9 Å². The molecule has 2 heterocycles. The fourth-order valence-corrected chi connectivity index (χ4v) is 6.13. The summed E-state index contributed by atoms with van der Waals surface area (Å²) < 4.78 is 29.0. The molecular formula is C22H33N5O4S. The minimum absolute atomic E-state index is 0.00205. The van der Waals surface area contributed by atoms with Gasteiger partial charge in [0.05, 0.1) is 4.90 Å². The van der Waals surface area contributed by atoms with Gasteiger partial charge in [-0.3, -0.25) is 14.5 Å². The zero-order valence-corrected chi connectivity index (χ0v) is 19.4. The summed E-state index contributed by atoms with van der Waals surface area (Å²) in [5.74, 6) is -0.284. The molecule has 1 aliphatic carbocycles. The molecule has 10 heteroatoms. The van der Waals surface area contributed by atoms with Crippen LogP contribution in [-0.4, -0.2) is 81.4 Å². The topological polar surface area (TPSA) is 116 Å². The van der Waals surface area contributed by atoms with Crippen molar-refractivity contribution >= 4 is 27.5 Å². The van der Waals surface area contributed by atoms with Gasteiger partial charge in [-0.1, -0.05) is 6.07 Å². The van der Waals surface area contributed by atoms with E-state index in [0.717, 1.165) is 25.9 Å². The van der Waals surface area contributed by atoms with Crippen LogP contribution in [0.5, 0.6) is 0 Å². The number of nitrogens with zero attached hydrogens (tertiary/aromatic N) is 3. The number of sulfonamides is 1. The Hall–Kier alpha value is -2.01. The first kappa shape index (κ1) is 23.2. The number of rotatable bonds is 7. The van der Waals surface area contributed by atoms with E-state index in [0.29, 0.717) is 43.3 Å². The first-order chi connectivity index (χ1) is 15.3. The van der Waals surface area contributed by atoms with Gasteiger partial charge in [0.25, 0.3) is 0 Å². The van der Waals surface area contributed by atoms with Gasteiger partial charge >= 0.3 is 0 Å². The quantitative estimate of drug-likeness (QED) is 0.606. The van der Waals surface area contributed by atoms with Crippen molar-refractivity contribution in [1.29, 1.82) is 0 Å². The summed E-state index contributed by atoms with van der Waals surface area (Å²) in [7, 11) is -4.00. The molecule has 3 N–H and O–H groups in total. The summed E-state index contributed by atoms with van der Waals surface area (Å²) in [6.07, 6.45) is 4.65. The van der Waals surface area contributed by atoms with Crippen LogP contribution in [0.2, 0.25) is 0 Å². The van der Waals surface area contributed by atoms with Crippen LogP contribution in [0, 0.1) is 6.92 Å². The summed E-state index contributed by atoms with van der Waals surface area (Å²) in [5.41, 5.74) is 6.91. The SMILES string of the molecule is Cc1c(N2CCCCC2=O)cccc1S(=O)(=O)N[C@@H](CN)C(=O)N1CCN(C2CC2)CC1. The maximum Gasteiger partial charge on any atom is 0.242 e. The average molecular weight is 464 g/mol. The molecule has 0 unspecified atom stereocenters. The van der Waals surface area contributed by atoms with E-state index in [1.165, 1.54) is 18.9 Å². The molecule has 2 amide bonds. The minimum atomic E-state index is -4.00. The number of carbonyl (C=O) groups is 2. The predicted octanol–water partition coefficient (Wildman–Crippen LogP) is 0.424. The fourth-order valence-electron chi connectivity index (χ4n) is 4.66. The Bertz CT molecular complexity index is 971. The molecule has 0 aromatic heterocycles. The number of benzene rings is 1. The molecule has 176 valence electrons. The van der Waals surface area contributed by atoms with E-state index in [-0.39, 0.29) is 23.3 Å². The zero-order chi connectivity index (χ0) is 22.9. The summed E-state index contributed by atoms with van der Waals surface area (Å²) in [6.45, 7) is 4.94. The number of amides is 2. The molecule has 1 aromatic rings. The molecule has 2 aliphatic heterocycles. The molecular weight excluding hydrogens is 430 g/mol. The maximum absolute atomic E-state index is 13.2. The van der Waals surface area contributed by atoms with Crippen molar-refractivity contribution in [2.45, 2.75) is 56.0 Å². The van der Waals surface area contributed by atoms with Gasteiger partial charge in [0, 0.05) is 57.4 Å². The van der Waals surface area contributed by atoms with E-state index in [4.69, 9.17) is 5.73 Å². The summed E-state index contributed by atoms with van der Waals surface area (Å²) >= 11 is 0. The number of hydrogen-bond acceptors (Lipinski definition) is 6. The summed E-state index contributed by atoms with van der Waals surface area (Å²) in [6, 6.07) is 4.53. The van der Waals surface area contributed by atoms with E-state index >= 15 is 0 Å². The maximum atomic E-state index is 13.2.